The number of piperazine rings is 1. The number of hydrogen-bond donors (Lipinski definition) is 1. The van der Waals surface area contributed by atoms with Crippen LogP contribution in [0.4, 0.5) is 5.69 Å². The molecule has 2 saturated heterocycles. The van der Waals surface area contributed by atoms with Crippen molar-refractivity contribution in [2.45, 2.75) is 18.4 Å². The number of amides is 1. The van der Waals surface area contributed by atoms with Crippen molar-refractivity contribution in [3.63, 3.8) is 0 Å². The van der Waals surface area contributed by atoms with Crippen LogP contribution in [0.5, 0.6) is 0 Å². The summed E-state index contributed by atoms with van der Waals surface area (Å²) in [6, 6.07) is 8.26. The van der Waals surface area contributed by atoms with Gasteiger partial charge in [0.2, 0.25) is 15.9 Å². The van der Waals surface area contributed by atoms with E-state index >= 15 is 0 Å². The van der Waals surface area contributed by atoms with Crippen LogP contribution in [0.1, 0.15) is 11.5 Å². The highest BCUT2D eigenvalue weighted by molar-refractivity contribution is 7.89. The Balaban J connectivity index is 1.24. The molecule has 11 heteroatoms. The molecule has 2 aromatic rings. The third-order valence-corrected chi connectivity index (χ3v) is 7.55. The topological polar surface area (TPSA) is 108 Å². The highest BCUT2D eigenvalue weighted by atomic mass is 32.2. The number of morpholine rings is 1. The Morgan fingerprint density at radius 1 is 1.03 bits per heavy atom. The van der Waals surface area contributed by atoms with E-state index < -0.39 is 10.0 Å². The quantitative estimate of drug-likeness (QED) is 0.641. The van der Waals surface area contributed by atoms with Gasteiger partial charge in [-0.05, 0) is 31.2 Å². The van der Waals surface area contributed by atoms with Gasteiger partial charge in [0.05, 0.1) is 30.3 Å². The number of aromatic nitrogens is 1. The molecule has 10 nitrogen and oxygen atoms in total. The second kappa shape index (κ2) is 10.1. The molecule has 4 rings (SSSR count). The molecular formula is C21H29N5O5S. The smallest absolute Gasteiger partial charge is 0.243 e. The van der Waals surface area contributed by atoms with Gasteiger partial charge in [-0.1, -0.05) is 5.16 Å². The molecule has 0 spiro atoms. The van der Waals surface area contributed by atoms with E-state index in [4.69, 9.17) is 9.26 Å². The minimum absolute atomic E-state index is 0.116. The molecule has 0 unspecified atom stereocenters. The lowest BCUT2D eigenvalue weighted by Gasteiger charge is -2.33. The number of sulfonamides is 1. The van der Waals surface area contributed by atoms with E-state index in [0.29, 0.717) is 38.5 Å². The summed E-state index contributed by atoms with van der Waals surface area (Å²) in [7, 11) is -3.54. The molecule has 2 aliphatic rings. The first-order chi connectivity index (χ1) is 15.4. The minimum Gasteiger partial charge on any atom is -0.379 e. The first kappa shape index (κ1) is 22.9. The Bertz CT molecular complexity index is 1010. The Labute approximate surface area is 188 Å². The van der Waals surface area contributed by atoms with Gasteiger partial charge in [0.25, 0.3) is 0 Å². The third-order valence-electron chi connectivity index (χ3n) is 5.64. The fourth-order valence-electron chi connectivity index (χ4n) is 3.88. The molecule has 174 valence electrons. The van der Waals surface area contributed by atoms with Gasteiger partial charge in [0.1, 0.15) is 5.76 Å². The molecule has 1 aromatic carbocycles. The molecular weight excluding hydrogens is 434 g/mol. The first-order valence-electron chi connectivity index (χ1n) is 10.7. The van der Waals surface area contributed by atoms with E-state index in [1.165, 1.54) is 16.4 Å². The lowest BCUT2D eigenvalue weighted by molar-refractivity contribution is -0.117. The minimum atomic E-state index is -3.54. The second-order valence-electron chi connectivity index (χ2n) is 8.07. The van der Waals surface area contributed by atoms with Crippen LogP contribution in [0.3, 0.4) is 0 Å². The number of ether oxygens (including phenoxy) is 1. The molecule has 1 N–H and O–H groups in total. The van der Waals surface area contributed by atoms with Gasteiger partial charge in [-0.3, -0.25) is 14.6 Å². The summed E-state index contributed by atoms with van der Waals surface area (Å²) >= 11 is 0. The van der Waals surface area contributed by atoms with E-state index in [-0.39, 0.29) is 10.8 Å². The molecule has 0 aliphatic carbocycles. The highest BCUT2D eigenvalue weighted by Gasteiger charge is 2.26. The molecule has 0 atom stereocenters. The van der Waals surface area contributed by atoms with E-state index in [9.17, 15) is 13.2 Å². The summed E-state index contributed by atoms with van der Waals surface area (Å²) in [5.74, 6) is 0.691. The number of carbonyl (C=O) groups is 1. The number of hydrogen-bond acceptors (Lipinski definition) is 8. The standard InChI is InChI=1S/C21H29N5O5S/c1-17-14-19(23-31-17)15-24-6-8-25(9-7-24)16-21(27)22-18-2-4-20(5-3-18)32(28,29)26-10-12-30-13-11-26/h2-5,14H,6-13,15-16H2,1H3,(H,22,27). The fourth-order valence-corrected chi connectivity index (χ4v) is 5.28. The Morgan fingerprint density at radius 3 is 2.31 bits per heavy atom. The number of carbonyl (C=O) groups excluding carboxylic acids is 1. The third kappa shape index (κ3) is 5.73. The summed E-state index contributed by atoms with van der Waals surface area (Å²) in [4.78, 5) is 17.1. The summed E-state index contributed by atoms with van der Waals surface area (Å²) in [6.07, 6.45) is 0. The highest BCUT2D eigenvalue weighted by Crippen LogP contribution is 2.19. The van der Waals surface area contributed by atoms with Crippen molar-refractivity contribution in [1.29, 1.82) is 0 Å². The molecule has 2 aliphatic heterocycles. The van der Waals surface area contributed by atoms with Crippen molar-refractivity contribution in [2.75, 3.05) is 64.3 Å². The fraction of sp³-hybridized carbons (Fsp3) is 0.524. The maximum absolute atomic E-state index is 12.7. The van der Waals surface area contributed by atoms with Crippen LogP contribution >= 0.6 is 0 Å². The molecule has 0 bridgehead atoms. The largest absolute Gasteiger partial charge is 0.379 e. The van der Waals surface area contributed by atoms with Crippen molar-refractivity contribution in [1.82, 2.24) is 19.3 Å². The molecule has 3 heterocycles. The SMILES string of the molecule is Cc1cc(CN2CCN(CC(=O)Nc3ccc(S(=O)(=O)N4CCOCC4)cc3)CC2)no1. The zero-order valence-electron chi connectivity index (χ0n) is 18.2. The summed E-state index contributed by atoms with van der Waals surface area (Å²) in [6.45, 7) is 7.73. The van der Waals surface area contributed by atoms with Crippen LogP contribution in [0.2, 0.25) is 0 Å². The monoisotopic (exact) mass is 463 g/mol. The summed E-state index contributed by atoms with van der Waals surface area (Å²) < 4.78 is 37.1. The van der Waals surface area contributed by atoms with E-state index in [0.717, 1.165) is 44.2 Å². The van der Waals surface area contributed by atoms with Gasteiger partial charge >= 0.3 is 0 Å². The number of nitrogens with one attached hydrogen (secondary N) is 1. The van der Waals surface area contributed by atoms with Crippen molar-refractivity contribution in [3.05, 3.63) is 41.8 Å². The Kier molecular flexibility index (Phi) is 7.21. The zero-order chi connectivity index (χ0) is 22.6. The maximum Gasteiger partial charge on any atom is 0.243 e. The van der Waals surface area contributed by atoms with Gasteiger partial charge in [-0.15, -0.1) is 0 Å². The molecule has 0 radical (unpaired) electrons. The number of rotatable bonds is 7. The van der Waals surface area contributed by atoms with Crippen LogP contribution < -0.4 is 5.32 Å². The van der Waals surface area contributed by atoms with Crippen LogP contribution in [0.15, 0.2) is 39.8 Å². The maximum atomic E-state index is 12.7. The molecule has 0 saturated carbocycles. The number of anilines is 1. The van der Waals surface area contributed by atoms with Crippen LogP contribution in [0, 0.1) is 6.92 Å². The van der Waals surface area contributed by atoms with Gasteiger partial charge in [0, 0.05) is 57.6 Å². The summed E-state index contributed by atoms with van der Waals surface area (Å²) in [5.41, 5.74) is 1.50. The Morgan fingerprint density at radius 2 is 1.69 bits per heavy atom. The predicted molar refractivity (Wildman–Crippen MR) is 118 cm³/mol. The van der Waals surface area contributed by atoms with E-state index in [1.807, 2.05) is 13.0 Å². The number of benzene rings is 1. The molecule has 1 amide bonds. The average Bonchev–Trinajstić information content (AvgIpc) is 3.20. The van der Waals surface area contributed by atoms with Crippen molar-refractivity contribution in [3.8, 4) is 0 Å². The van der Waals surface area contributed by atoms with Gasteiger partial charge in [0.15, 0.2) is 0 Å². The second-order valence-corrected chi connectivity index (χ2v) is 10.0. The average molecular weight is 464 g/mol. The zero-order valence-corrected chi connectivity index (χ0v) is 19.0. The lowest BCUT2D eigenvalue weighted by Crippen LogP contribution is -2.48. The van der Waals surface area contributed by atoms with Crippen LogP contribution in [0.25, 0.3) is 0 Å². The molecule has 2 fully saturated rings. The van der Waals surface area contributed by atoms with Gasteiger partial charge < -0.3 is 14.6 Å². The lowest BCUT2D eigenvalue weighted by atomic mass is 10.2. The predicted octanol–water partition coefficient (Wildman–Crippen LogP) is 0.760. The Hall–Kier alpha value is -2.31. The number of aryl methyl sites for hydroxylation is 1. The van der Waals surface area contributed by atoms with Gasteiger partial charge in [-0.2, -0.15) is 4.31 Å². The summed E-state index contributed by atoms with van der Waals surface area (Å²) in [5, 5.41) is 6.89. The van der Waals surface area contributed by atoms with Crippen LogP contribution in [-0.2, 0) is 26.1 Å². The number of nitrogens with zero attached hydrogens (tertiary/aromatic N) is 4. The van der Waals surface area contributed by atoms with Crippen molar-refractivity contribution < 1.29 is 22.5 Å². The normalized spacial score (nSPS) is 19.2. The molecule has 32 heavy (non-hydrogen) atoms. The van der Waals surface area contributed by atoms with E-state index in [1.54, 1.807) is 12.1 Å². The van der Waals surface area contributed by atoms with Gasteiger partial charge in [-0.25, -0.2) is 8.42 Å². The van der Waals surface area contributed by atoms with Crippen LogP contribution in [-0.4, -0.2) is 92.6 Å². The molecule has 1 aromatic heterocycles. The van der Waals surface area contributed by atoms with E-state index in [2.05, 4.69) is 20.3 Å². The van der Waals surface area contributed by atoms with Crippen molar-refractivity contribution >= 4 is 21.6 Å². The van der Waals surface area contributed by atoms with Crippen molar-refractivity contribution in [2.24, 2.45) is 0 Å². The first-order valence-corrected chi connectivity index (χ1v) is 12.2.